The van der Waals surface area contributed by atoms with E-state index < -0.39 is 62.6 Å². The van der Waals surface area contributed by atoms with Crippen LogP contribution in [-0.4, -0.2) is 14.2 Å². The molecule has 0 aliphatic rings. The minimum Gasteiger partial charge on any atom is -0.497 e. The van der Waals surface area contributed by atoms with E-state index in [4.69, 9.17) is 9.47 Å². The van der Waals surface area contributed by atoms with Gasteiger partial charge in [-0.1, -0.05) is 18.2 Å². The highest BCUT2D eigenvalue weighted by atomic mass is 19.2. The highest BCUT2D eigenvalue weighted by Crippen LogP contribution is 2.48. The average molecular weight is 516 g/mol. The summed E-state index contributed by atoms with van der Waals surface area (Å²) in [7, 11) is 2.56. The molecular formula is C28H15F7O2. The van der Waals surface area contributed by atoms with Gasteiger partial charge < -0.3 is 9.47 Å². The molecule has 0 aliphatic heterocycles. The molecule has 0 amide bonds. The summed E-state index contributed by atoms with van der Waals surface area (Å²) in [6.07, 6.45) is 0. The van der Waals surface area contributed by atoms with Crippen molar-refractivity contribution in [3.63, 3.8) is 0 Å². The summed E-state index contributed by atoms with van der Waals surface area (Å²) in [6, 6.07) is 10.5. The van der Waals surface area contributed by atoms with Gasteiger partial charge in [-0.25, -0.2) is 30.7 Å². The van der Waals surface area contributed by atoms with Crippen LogP contribution in [0.3, 0.4) is 0 Å². The molecule has 0 unspecified atom stereocenters. The van der Waals surface area contributed by atoms with Crippen LogP contribution in [0.4, 0.5) is 30.7 Å². The third kappa shape index (κ3) is 3.73. The van der Waals surface area contributed by atoms with E-state index in [-0.39, 0.29) is 27.6 Å². The van der Waals surface area contributed by atoms with Crippen molar-refractivity contribution in [2.45, 2.75) is 0 Å². The second-order valence-electron chi connectivity index (χ2n) is 8.14. The van der Waals surface area contributed by atoms with E-state index in [0.717, 1.165) is 31.4 Å². The zero-order valence-corrected chi connectivity index (χ0v) is 19.2. The number of ether oxygens (including phenoxy) is 2. The average Bonchev–Trinajstić information content (AvgIpc) is 2.89. The number of hydrogen-bond acceptors (Lipinski definition) is 2. The molecule has 0 radical (unpaired) electrons. The molecule has 0 saturated heterocycles. The van der Waals surface area contributed by atoms with Crippen LogP contribution < -0.4 is 9.47 Å². The molecule has 0 atom stereocenters. The van der Waals surface area contributed by atoms with Gasteiger partial charge in [-0.15, -0.1) is 0 Å². The molecule has 5 aromatic rings. The third-order valence-corrected chi connectivity index (χ3v) is 6.17. The zero-order chi connectivity index (χ0) is 26.6. The van der Waals surface area contributed by atoms with Crippen LogP contribution in [0.1, 0.15) is 0 Å². The van der Waals surface area contributed by atoms with Crippen molar-refractivity contribution in [1.82, 2.24) is 0 Å². The highest BCUT2D eigenvalue weighted by Gasteiger charge is 2.30. The Balaban J connectivity index is 2.10. The fraction of sp³-hybridized carbons (Fsp3) is 0.0714. The Hall–Kier alpha value is -4.27. The van der Waals surface area contributed by atoms with Crippen LogP contribution in [0.15, 0.2) is 54.6 Å². The van der Waals surface area contributed by atoms with Gasteiger partial charge in [-0.05, 0) is 40.6 Å². The lowest BCUT2D eigenvalue weighted by atomic mass is 9.85. The summed E-state index contributed by atoms with van der Waals surface area (Å²) in [5.74, 6) is -11.2. The van der Waals surface area contributed by atoms with Gasteiger partial charge in [0.25, 0.3) is 0 Å². The first kappa shape index (κ1) is 24.4. The van der Waals surface area contributed by atoms with Crippen LogP contribution in [0.25, 0.3) is 43.8 Å². The van der Waals surface area contributed by atoms with Crippen molar-refractivity contribution in [3.05, 3.63) is 95.3 Å². The van der Waals surface area contributed by atoms with Crippen LogP contribution in [0.2, 0.25) is 0 Å². The maximum atomic E-state index is 15.5. The van der Waals surface area contributed by atoms with Crippen molar-refractivity contribution >= 4 is 21.5 Å². The second kappa shape index (κ2) is 8.99. The van der Waals surface area contributed by atoms with Crippen LogP contribution in [0.5, 0.6) is 11.5 Å². The summed E-state index contributed by atoms with van der Waals surface area (Å²) in [5, 5.41) is -1.98. The van der Waals surface area contributed by atoms with Crippen LogP contribution in [-0.2, 0) is 0 Å². The van der Waals surface area contributed by atoms with E-state index in [1.807, 2.05) is 0 Å². The van der Waals surface area contributed by atoms with Gasteiger partial charge in [0.1, 0.15) is 29.0 Å². The summed E-state index contributed by atoms with van der Waals surface area (Å²) >= 11 is 0. The van der Waals surface area contributed by atoms with E-state index in [1.54, 1.807) is 0 Å². The Morgan fingerprint density at radius 2 is 1.03 bits per heavy atom. The van der Waals surface area contributed by atoms with E-state index >= 15 is 17.6 Å². The first-order valence-electron chi connectivity index (χ1n) is 10.8. The van der Waals surface area contributed by atoms with Crippen LogP contribution >= 0.6 is 0 Å². The lowest BCUT2D eigenvalue weighted by Crippen LogP contribution is -2.04. The molecule has 0 heterocycles. The molecule has 0 aromatic heterocycles. The Labute approximate surface area is 205 Å². The quantitative estimate of drug-likeness (QED) is 0.104. The number of hydrogen-bond donors (Lipinski definition) is 0. The van der Waals surface area contributed by atoms with E-state index in [0.29, 0.717) is 5.75 Å². The number of rotatable bonds is 4. The lowest BCUT2D eigenvalue weighted by Gasteiger charge is -2.20. The van der Waals surface area contributed by atoms with Gasteiger partial charge in [0.15, 0.2) is 23.3 Å². The summed E-state index contributed by atoms with van der Waals surface area (Å²) in [6.45, 7) is 0. The molecule has 188 valence electrons. The molecule has 0 bridgehead atoms. The molecule has 0 saturated carbocycles. The number of fused-ring (bicyclic) bond motifs is 2. The maximum Gasteiger partial charge on any atom is 0.198 e. The standard InChI is InChI=1S/C28H15F7O2/c1-36-14-6-3-12(4-7-14)20-16-8-5-13(29)9-17(16)21(22-18(30)10-15(37-2)11-19(22)31)24-23(20)25(32)27(34)28(35)26(24)33/h3-11H,1-2H3. The maximum absolute atomic E-state index is 15.5. The molecule has 0 spiro atoms. The van der Waals surface area contributed by atoms with E-state index in [2.05, 4.69) is 0 Å². The monoisotopic (exact) mass is 516 g/mol. The third-order valence-electron chi connectivity index (χ3n) is 6.17. The van der Waals surface area contributed by atoms with E-state index in [1.165, 1.54) is 37.4 Å². The van der Waals surface area contributed by atoms with Gasteiger partial charge >= 0.3 is 0 Å². The largest absolute Gasteiger partial charge is 0.497 e. The molecule has 0 aliphatic carbocycles. The zero-order valence-electron chi connectivity index (χ0n) is 19.2. The number of methoxy groups -OCH3 is 2. The first-order chi connectivity index (χ1) is 17.7. The smallest absolute Gasteiger partial charge is 0.198 e. The minimum absolute atomic E-state index is 0.00740. The fourth-order valence-electron chi connectivity index (χ4n) is 4.54. The molecule has 0 N–H and O–H groups in total. The molecule has 9 heteroatoms. The van der Waals surface area contributed by atoms with Crippen molar-refractivity contribution in [2.75, 3.05) is 14.2 Å². The van der Waals surface area contributed by atoms with Crippen molar-refractivity contribution in [3.8, 4) is 33.8 Å². The fourth-order valence-corrected chi connectivity index (χ4v) is 4.54. The predicted molar refractivity (Wildman–Crippen MR) is 125 cm³/mol. The Morgan fingerprint density at radius 3 is 1.57 bits per heavy atom. The topological polar surface area (TPSA) is 18.5 Å². The van der Waals surface area contributed by atoms with Gasteiger partial charge in [0.2, 0.25) is 0 Å². The van der Waals surface area contributed by atoms with Crippen molar-refractivity contribution in [1.29, 1.82) is 0 Å². The van der Waals surface area contributed by atoms with Gasteiger partial charge in [-0.3, -0.25) is 0 Å². The normalized spacial score (nSPS) is 11.4. The molecule has 2 nitrogen and oxygen atoms in total. The summed E-state index contributed by atoms with van der Waals surface area (Å²) < 4.78 is 115. The summed E-state index contributed by atoms with van der Waals surface area (Å²) in [4.78, 5) is 0. The van der Waals surface area contributed by atoms with Crippen molar-refractivity contribution in [2.24, 2.45) is 0 Å². The first-order valence-corrected chi connectivity index (χ1v) is 10.8. The predicted octanol–water partition coefficient (Wildman–Crippen LogP) is 8.32. The summed E-state index contributed by atoms with van der Waals surface area (Å²) in [5.41, 5.74) is -1.52. The van der Waals surface area contributed by atoms with Crippen molar-refractivity contribution < 1.29 is 40.2 Å². The molecule has 5 aromatic carbocycles. The Morgan fingerprint density at radius 1 is 0.486 bits per heavy atom. The Bertz CT molecular complexity index is 1690. The second-order valence-corrected chi connectivity index (χ2v) is 8.14. The lowest BCUT2D eigenvalue weighted by molar-refractivity contribution is 0.407. The Kier molecular flexibility index (Phi) is 5.94. The molecule has 0 fully saturated rings. The number of benzene rings is 5. The van der Waals surface area contributed by atoms with Gasteiger partial charge in [0, 0.05) is 34.0 Å². The molecule has 5 rings (SSSR count). The molecular weight excluding hydrogens is 501 g/mol. The van der Waals surface area contributed by atoms with Gasteiger partial charge in [0.05, 0.1) is 19.8 Å². The van der Waals surface area contributed by atoms with Crippen LogP contribution in [0, 0.1) is 40.7 Å². The highest BCUT2D eigenvalue weighted by molar-refractivity contribution is 6.21. The molecule has 37 heavy (non-hydrogen) atoms. The van der Waals surface area contributed by atoms with E-state index in [9.17, 15) is 13.2 Å². The van der Waals surface area contributed by atoms with Gasteiger partial charge in [-0.2, -0.15) is 0 Å². The number of halogens is 7. The SMILES string of the molecule is COc1ccc(-c2c3ccc(F)cc3c(-c3c(F)cc(OC)cc3F)c3c(F)c(F)c(F)c(F)c23)cc1. The minimum atomic E-state index is -2.18.